The van der Waals surface area contributed by atoms with E-state index in [1.807, 2.05) is 13.8 Å². The van der Waals surface area contributed by atoms with Crippen molar-refractivity contribution in [2.45, 2.75) is 97.2 Å². The molecule has 3 fully saturated rings. The zero-order chi connectivity index (χ0) is 22.2. The summed E-state index contributed by atoms with van der Waals surface area (Å²) in [6, 6.07) is 2.49. The van der Waals surface area contributed by atoms with E-state index < -0.39 is 5.41 Å². The molecule has 30 heavy (non-hydrogen) atoms. The molecule has 0 radical (unpaired) electrons. The maximum absolute atomic E-state index is 9.76. The lowest BCUT2D eigenvalue weighted by Gasteiger charge is -2.38. The molecule has 3 nitrogen and oxygen atoms in total. The molecule has 164 valence electrons. The fourth-order valence-electron chi connectivity index (χ4n) is 5.64. The molecular weight excluding hydrogens is 370 g/mol. The predicted octanol–water partition coefficient (Wildman–Crippen LogP) is 7.18. The van der Waals surface area contributed by atoms with Gasteiger partial charge in [0.2, 0.25) is 0 Å². The minimum atomic E-state index is -0.512. The van der Waals surface area contributed by atoms with Crippen LogP contribution >= 0.6 is 0 Å². The summed E-state index contributed by atoms with van der Waals surface area (Å²) in [6.45, 7) is 19.8. The van der Waals surface area contributed by atoms with Crippen molar-refractivity contribution in [2.75, 3.05) is 6.61 Å². The van der Waals surface area contributed by atoms with Crippen LogP contribution in [0.25, 0.3) is 0 Å². The highest BCUT2D eigenvalue weighted by molar-refractivity contribution is 5.53. The molecule has 0 aromatic rings. The van der Waals surface area contributed by atoms with Crippen molar-refractivity contribution in [3.05, 3.63) is 47.8 Å². The summed E-state index contributed by atoms with van der Waals surface area (Å²) >= 11 is 0. The Hall–Kier alpha value is -1.79. The highest BCUT2D eigenvalue weighted by Crippen LogP contribution is 2.68. The van der Waals surface area contributed by atoms with Gasteiger partial charge in [0, 0.05) is 18.3 Å². The average molecular weight is 410 g/mol. The molecule has 0 bridgehead atoms. The highest BCUT2D eigenvalue weighted by Gasteiger charge is 2.69. The van der Waals surface area contributed by atoms with Crippen molar-refractivity contribution in [1.82, 2.24) is 0 Å². The molecule has 0 amide bonds. The van der Waals surface area contributed by atoms with Crippen LogP contribution < -0.4 is 0 Å². The number of hydrogen-bond acceptors (Lipinski definition) is 3. The normalized spacial score (nSPS) is 34.0. The van der Waals surface area contributed by atoms with Crippen molar-refractivity contribution >= 4 is 0 Å². The van der Waals surface area contributed by atoms with Crippen LogP contribution in [0.3, 0.4) is 0 Å². The fraction of sp³-hybridized carbons (Fsp3) is 0.667. The zero-order valence-electron chi connectivity index (χ0n) is 19.7. The monoisotopic (exact) mass is 409 g/mol. The summed E-state index contributed by atoms with van der Waals surface area (Å²) in [6.07, 6.45) is 12.4. The van der Waals surface area contributed by atoms with Crippen molar-refractivity contribution in [2.24, 2.45) is 10.8 Å². The lowest BCUT2D eigenvalue weighted by Crippen LogP contribution is -2.35. The van der Waals surface area contributed by atoms with E-state index in [-0.39, 0.29) is 16.6 Å². The summed E-state index contributed by atoms with van der Waals surface area (Å²) in [5, 5.41) is 9.76. The topological polar surface area (TPSA) is 42.2 Å². The van der Waals surface area contributed by atoms with Crippen LogP contribution in [0, 0.1) is 22.2 Å². The molecule has 1 aliphatic carbocycles. The van der Waals surface area contributed by atoms with Crippen LogP contribution in [0.1, 0.15) is 86.0 Å². The molecule has 3 heteroatoms. The van der Waals surface area contributed by atoms with E-state index in [2.05, 4.69) is 52.2 Å². The molecule has 2 saturated heterocycles. The van der Waals surface area contributed by atoms with Crippen LogP contribution in [0.5, 0.6) is 0 Å². The minimum Gasteiger partial charge on any atom is -0.492 e. The van der Waals surface area contributed by atoms with E-state index in [0.717, 1.165) is 68.3 Å². The van der Waals surface area contributed by atoms with Gasteiger partial charge in [0.25, 0.3) is 0 Å². The van der Waals surface area contributed by atoms with Gasteiger partial charge in [-0.1, -0.05) is 44.7 Å². The molecule has 0 aromatic heterocycles. The van der Waals surface area contributed by atoms with Crippen molar-refractivity contribution in [1.29, 1.82) is 5.26 Å². The summed E-state index contributed by atoms with van der Waals surface area (Å²) in [5.74, 6) is 0.926. The van der Waals surface area contributed by atoms with E-state index in [0.29, 0.717) is 6.61 Å². The highest BCUT2D eigenvalue weighted by atomic mass is 16.5. The second-order valence-electron chi connectivity index (χ2n) is 10.1. The van der Waals surface area contributed by atoms with Gasteiger partial charge < -0.3 is 9.47 Å². The molecule has 2 heterocycles. The number of nitriles is 1. The Morgan fingerprint density at radius 3 is 2.47 bits per heavy atom. The summed E-state index contributed by atoms with van der Waals surface area (Å²) in [5.41, 5.74) is 2.50. The van der Waals surface area contributed by atoms with Crippen molar-refractivity contribution in [3.8, 4) is 6.07 Å². The van der Waals surface area contributed by atoms with Crippen LogP contribution in [0.4, 0.5) is 0 Å². The Balaban J connectivity index is 1.85. The maximum Gasteiger partial charge on any atom is 0.111 e. The minimum absolute atomic E-state index is 0.113. The first-order chi connectivity index (χ1) is 14.1. The first-order valence-electron chi connectivity index (χ1n) is 11.6. The van der Waals surface area contributed by atoms with Crippen LogP contribution in [-0.4, -0.2) is 17.8 Å². The van der Waals surface area contributed by atoms with Gasteiger partial charge in [-0.2, -0.15) is 5.26 Å². The molecule has 0 aromatic carbocycles. The Labute approximate surface area is 183 Å². The number of ether oxygens (including phenoxy) is 2. The molecule has 0 N–H and O–H groups in total. The van der Waals surface area contributed by atoms with Gasteiger partial charge in [0.15, 0.2) is 0 Å². The van der Waals surface area contributed by atoms with Gasteiger partial charge in [0.05, 0.1) is 23.9 Å². The first-order valence-corrected chi connectivity index (χ1v) is 11.6. The lowest BCUT2D eigenvalue weighted by atomic mass is 9.80. The van der Waals surface area contributed by atoms with Gasteiger partial charge in [0.1, 0.15) is 11.2 Å². The SMILES string of the molecule is C=C1CCCC2(CCOC3(CC2)C(=C)C3(C)/C=C\C(=C(CC)CC)C(C)(C)C#N)O1. The molecule has 3 atom stereocenters. The third-order valence-electron chi connectivity index (χ3n) is 7.95. The number of rotatable bonds is 5. The molecular formula is C27H39NO2. The van der Waals surface area contributed by atoms with Gasteiger partial charge in [-0.3, -0.25) is 0 Å². The molecule has 2 spiro atoms. The molecule has 3 aliphatic rings. The van der Waals surface area contributed by atoms with E-state index in [1.54, 1.807) is 0 Å². The van der Waals surface area contributed by atoms with Gasteiger partial charge >= 0.3 is 0 Å². The second-order valence-corrected chi connectivity index (χ2v) is 10.1. The second kappa shape index (κ2) is 8.04. The van der Waals surface area contributed by atoms with E-state index in [4.69, 9.17) is 9.47 Å². The van der Waals surface area contributed by atoms with Gasteiger partial charge in [-0.15, -0.1) is 0 Å². The predicted molar refractivity (Wildman–Crippen MR) is 123 cm³/mol. The molecule has 3 unspecified atom stereocenters. The van der Waals surface area contributed by atoms with Gasteiger partial charge in [-0.05, 0) is 70.4 Å². The number of nitrogens with zero attached hydrogens (tertiary/aromatic N) is 1. The van der Waals surface area contributed by atoms with Crippen molar-refractivity contribution < 1.29 is 9.47 Å². The summed E-state index contributed by atoms with van der Waals surface area (Å²) in [4.78, 5) is 0. The summed E-state index contributed by atoms with van der Waals surface area (Å²) in [7, 11) is 0. The molecule has 3 rings (SSSR count). The Bertz CT molecular complexity index is 820. The lowest BCUT2D eigenvalue weighted by molar-refractivity contribution is -0.0470. The molecule has 2 aliphatic heterocycles. The van der Waals surface area contributed by atoms with Crippen LogP contribution in [0.15, 0.2) is 47.8 Å². The van der Waals surface area contributed by atoms with Crippen LogP contribution in [-0.2, 0) is 9.47 Å². The smallest absolute Gasteiger partial charge is 0.111 e. The molecule has 1 saturated carbocycles. The van der Waals surface area contributed by atoms with Crippen molar-refractivity contribution in [3.63, 3.8) is 0 Å². The third kappa shape index (κ3) is 3.69. The Morgan fingerprint density at radius 1 is 1.17 bits per heavy atom. The number of allylic oxidation sites excluding steroid dienone is 4. The average Bonchev–Trinajstić information content (AvgIpc) is 3.24. The quantitative estimate of drug-likeness (QED) is 0.357. The fourth-order valence-corrected chi connectivity index (χ4v) is 5.64. The Kier molecular flexibility index (Phi) is 6.14. The van der Waals surface area contributed by atoms with Gasteiger partial charge in [-0.25, -0.2) is 0 Å². The number of hydrogen-bond donors (Lipinski definition) is 0. The summed E-state index contributed by atoms with van der Waals surface area (Å²) < 4.78 is 12.8. The maximum atomic E-state index is 9.76. The van der Waals surface area contributed by atoms with Crippen LogP contribution in [0.2, 0.25) is 0 Å². The third-order valence-corrected chi connectivity index (χ3v) is 7.95. The van der Waals surface area contributed by atoms with E-state index in [9.17, 15) is 5.26 Å². The van der Waals surface area contributed by atoms with E-state index >= 15 is 0 Å². The largest absolute Gasteiger partial charge is 0.492 e. The first kappa shape index (κ1) is 22.9. The zero-order valence-corrected chi connectivity index (χ0v) is 19.7. The Morgan fingerprint density at radius 2 is 1.87 bits per heavy atom. The standard InChI is InChI=1S/C27H39NO2/c1-8-22(9-2)23(24(5,6)19-28)12-14-25(7)21(4)27(25)16-15-26(17-18-29-27)13-10-11-20(3)30-26/h12,14H,3-4,8-11,13,15-18H2,1-2,5-7H3/b14-12-. The van der Waals surface area contributed by atoms with E-state index in [1.165, 1.54) is 5.57 Å².